The summed E-state index contributed by atoms with van der Waals surface area (Å²) in [6.07, 6.45) is -1.21. The predicted octanol–water partition coefficient (Wildman–Crippen LogP) is 0.116. The molecule has 0 unspecified atom stereocenters. The number of nitrogens with one attached hydrogen (secondary N) is 1. The minimum Gasteiger partial charge on any atom is -0.469 e. The molecule has 25 heavy (non-hydrogen) atoms. The Labute approximate surface area is 187 Å². The standard InChI is InChI=1S/C15H20BF3NO4.K/c1-9-10(7-13(21)23-5)6-11(8-12(9)16(17,18)19)20-14(22)24-15(2,3)4;/h6,8H,7H2,1-5H3,(H,20,22);/q-1;+1. The van der Waals surface area contributed by atoms with Crippen LogP contribution in [-0.2, 0) is 20.7 Å². The van der Waals surface area contributed by atoms with Gasteiger partial charge in [-0.25, -0.2) is 4.79 Å². The van der Waals surface area contributed by atoms with Crippen LogP contribution in [0.2, 0.25) is 0 Å². The van der Waals surface area contributed by atoms with E-state index < -0.39 is 30.1 Å². The monoisotopic (exact) mass is 385 g/mol. The number of methoxy groups -OCH3 is 1. The minimum atomic E-state index is -5.31. The quantitative estimate of drug-likeness (QED) is 0.591. The van der Waals surface area contributed by atoms with Gasteiger partial charge in [-0.1, -0.05) is 11.6 Å². The predicted molar refractivity (Wildman–Crippen MR) is 85.5 cm³/mol. The molecule has 10 heteroatoms. The van der Waals surface area contributed by atoms with Gasteiger partial charge in [0.25, 0.3) is 0 Å². The number of carbonyl (C=O) groups excluding carboxylic acids is 2. The number of benzene rings is 1. The van der Waals surface area contributed by atoms with Crippen molar-refractivity contribution < 1.29 is 83.4 Å². The van der Waals surface area contributed by atoms with Crippen LogP contribution in [0, 0.1) is 6.92 Å². The molecule has 0 saturated heterocycles. The topological polar surface area (TPSA) is 64.6 Å². The fourth-order valence-corrected chi connectivity index (χ4v) is 2.04. The Morgan fingerprint density at radius 3 is 2.20 bits per heavy atom. The van der Waals surface area contributed by atoms with E-state index in [2.05, 4.69) is 10.1 Å². The number of hydrogen-bond donors (Lipinski definition) is 1. The van der Waals surface area contributed by atoms with E-state index in [9.17, 15) is 22.5 Å². The fourth-order valence-electron chi connectivity index (χ4n) is 2.04. The molecule has 0 fully saturated rings. The van der Waals surface area contributed by atoms with Crippen molar-refractivity contribution in [2.75, 3.05) is 12.4 Å². The average Bonchev–Trinajstić information content (AvgIpc) is 2.38. The van der Waals surface area contributed by atoms with Crippen LogP contribution in [0.15, 0.2) is 12.1 Å². The number of anilines is 1. The van der Waals surface area contributed by atoms with Gasteiger partial charge in [0.15, 0.2) is 0 Å². The van der Waals surface area contributed by atoms with E-state index in [0.29, 0.717) is 0 Å². The smallest absolute Gasteiger partial charge is 0.469 e. The molecule has 134 valence electrons. The van der Waals surface area contributed by atoms with Gasteiger partial charge in [0.05, 0.1) is 13.5 Å². The van der Waals surface area contributed by atoms with Crippen molar-refractivity contribution in [3.8, 4) is 0 Å². The van der Waals surface area contributed by atoms with Gasteiger partial charge in [-0.3, -0.25) is 10.1 Å². The molecule has 1 amide bonds. The van der Waals surface area contributed by atoms with E-state index in [1.54, 1.807) is 20.8 Å². The third kappa shape index (κ3) is 8.12. The second-order valence-electron chi connectivity index (χ2n) is 6.30. The molecule has 0 saturated carbocycles. The van der Waals surface area contributed by atoms with Crippen molar-refractivity contribution in [1.29, 1.82) is 0 Å². The summed E-state index contributed by atoms with van der Waals surface area (Å²) >= 11 is 0. The Balaban J connectivity index is 0.00000576. The first-order valence-electron chi connectivity index (χ1n) is 7.23. The van der Waals surface area contributed by atoms with Crippen LogP contribution < -0.4 is 62.2 Å². The van der Waals surface area contributed by atoms with Gasteiger partial charge >= 0.3 is 70.4 Å². The Bertz CT molecular complexity index is 645. The number of esters is 1. The van der Waals surface area contributed by atoms with E-state index in [1.165, 1.54) is 13.0 Å². The first-order valence-corrected chi connectivity index (χ1v) is 7.23. The van der Waals surface area contributed by atoms with Crippen molar-refractivity contribution in [2.24, 2.45) is 0 Å². The maximum Gasteiger partial charge on any atom is 1.00 e. The van der Waals surface area contributed by atoms with E-state index in [-0.39, 0.29) is 74.6 Å². The Morgan fingerprint density at radius 1 is 1.20 bits per heavy atom. The maximum atomic E-state index is 13.2. The molecule has 1 aromatic carbocycles. The molecule has 0 aliphatic rings. The normalized spacial score (nSPS) is 11.4. The van der Waals surface area contributed by atoms with Crippen LogP contribution in [0.1, 0.15) is 31.9 Å². The molecule has 0 atom stereocenters. The molecule has 0 radical (unpaired) electrons. The van der Waals surface area contributed by atoms with Gasteiger partial charge in [-0.2, -0.15) is 0 Å². The molecular formula is C15H20BF3KNO4. The summed E-state index contributed by atoms with van der Waals surface area (Å²) in [5, 5.41) is 2.27. The molecule has 0 spiro atoms. The van der Waals surface area contributed by atoms with E-state index in [0.717, 1.165) is 13.2 Å². The first kappa shape index (κ1) is 24.5. The molecule has 0 aromatic heterocycles. The molecule has 1 rings (SSSR count). The summed E-state index contributed by atoms with van der Waals surface area (Å²) in [6.45, 7) is 0.870. The Hall–Kier alpha value is -0.549. The second kappa shape index (κ2) is 9.41. The number of ether oxygens (including phenoxy) is 2. The van der Waals surface area contributed by atoms with Gasteiger partial charge in [-0.05, 0) is 39.3 Å². The summed E-state index contributed by atoms with van der Waals surface area (Å²) in [6, 6.07) is 2.14. The summed E-state index contributed by atoms with van der Waals surface area (Å²) < 4.78 is 49.2. The molecular weight excluding hydrogens is 365 g/mol. The fraction of sp³-hybridized carbons (Fsp3) is 0.467. The number of rotatable bonds is 4. The number of halogens is 3. The largest absolute Gasteiger partial charge is 1.00 e. The third-order valence-corrected chi connectivity index (χ3v) is 3.12. The first-order chi connectivity index (χ1) is 10.8. The zero-order valence-corrected chi connectivity index (χ0v) is 18.3. The zero-order valence-electron chi connectivity index (χ0n) is 15.2. The summed E-state index contributed by atoms with van der Waals surface area (Å²) in [5.74, 6) is -0.673. The molecule has 1 N–H and O–H groups in total. The molecule has 5 nitrogen and oxygen atoms in total. The van der Waals surface area contributed by atoms with Crippen LogP contribution in [0.25, 0.3) is 0 Å². The van der Waals surface area contributed by atoms with Crippen molar-refractivity contribution in [1.82, 2.24) is 0 Å². The third-order valence-electron chi connectivity index (χ3n) is 3.12. The van der Waals surface area contributed by atoms with Crippen molar-refractivity contribution in [2.45, 2.75) is 39.7 Å². The van der Waals surface area contributed by atoms with Crippen LogP contribution in [0.4, 0.5) is 23.4 Å². The average molecular weight is 385 g/mol. The maximum absolute atomic E-state index is 13.2. The van der Waals surface area contributed by atoms with Crippen molar-refractivity contribution in [3.05, 3.63) is 23.3 Å². The van der Waals surface area contributed by atoms with Crippen LogP contribution >= 0.6 is 0 Å². The van der Waals surface area contributed by atoms with Gasteiger partial charge in [0.2, 0.25) is 0 Å². The summed E-state index contributed by atoms with van der Waals surface area (Å²) in [5.41, 5.74) is -1.70. The van der Waals surface area contributed by atoms with Crippen LogP contribution in [-0.4, -0.2) is 31.8 Å². The molecule has 0 aliphatic carbocycles. The number of hydrogen-bond acceptors (Lipinski definition) is 4. The van der Waals surface area contributed by atoms with Gasteiger partial charge in [0, 0.05) is 5.69 Å². The van der Waals surface area contributed by atoms with E-state index in [4.69, 9.17) is 4.74 Å². The van der Waals surface area contributed by atoms with Gasteiger partial charge < -0.3 is 22.4 Å². The zero-order chi connectivity index (χ0) is 18.7. The van der Waals surface area contributed by atoms with Gasteiger partial charge in [-0.15, -0.1) is 5.46 Å². The molecule has 0 bridgehead atoms. The van der Waals surface area contributed by atoms with Gasteiger partial charge in [0.1, 0.15) is 5.60 Å². The molecule has 1 aromatic rings. The number of amides is 1. The molecule has 0 aliphatic heterocycles. The minimum absolute atomic E-state index is 0. The van der Waals surface area contributed by atoms with E-state index >= 15 is 0 Å². The van der Waals surface area contributed by atoms with Crippen molar-refractivity contribution >= 4 is 30.2 Å². The molecule has 0 heterocycles. The summed E-state index contributed by atoms with van der Waals surface area (Å²) in [4.78, 5) is 23.2. The SMILES string of the molecule is COC(=O)Cc1cc(NC(=O)OC(C)(C)C)cc([B-](F)(F)F)c1C.[K+]. The van der Waals surface area contributed by atoms with Crippen molar-refractivity contribution in [3.63, 3.8) is 0 Å². The van der Waals surface area contributed by atoms with E-state index in [1.807, 2.05) is 0 Å². The van der Waals surface area contributed by atoms with Crippen LogP contribution in [0.5, 0.6) is 0 Å². The number of carbonyl (C=O) groups is 2. The van der Waals surface area contributed by atoms with Crippen LogP contribution in [0.3, 0.4) is 0 Å². The Kier molecular flexibility index (Phi) is 9.20. The summed E-state index contributed by atoms with van der Waals surface area (Å²) in [7, 11) is 1.15. The Morgan fingerprint density at radius 2 is 1.76 bits per heavy atom. The second-order valence-corrected chi connectivity index (χ2v) is 6.30.